The number of carbonyl (C=O) groups is 1. The second kappa shape index (κ2) is 8.20. The third kappa shape index (κ3) is 3.67. The fourth-order valence-corrected chi connectivity index (χ4v) is 4.78. The van der Waals surface area contributed by atoms with Crippen LogP contribution < -0.4 is 15.2 Å². The van der Waals surface area contributed by atoms with Crippen molar-refractivity contribution < 1.29 is 13.9 Å². The Hall–Kier alpha value is -3.52. The Balaban J connectivity index is 1.40. The molecule has 2 aromatic heterocycles. The van der Waals surface area contributed by atoms with Crippen LogP contribution in [0.1, 0.15) is 12.0 Å². The smallest absolute Gasteiger partial charge is 0.262 e. The fraction of sp³-hybridized carbons (Fsp3) is 0.208. The molecule has 0 N–H and O–H groups in total. The normalized spacial score (nSPS) is 13.1. The quantitative estimate of drug-likeness (QED) is 0.464. The molecular formula is C24H20FN3O3S. The summed E-state index contributed by atoms with van der Waals surface area (Å²) in [5.74, 6) is -0.216. The lowest BCUT2D eigenvalue weighted by molar-refractivity contribution is -0.119. The molecule has 2 aromatic carbocycles. The average Bonchev–Trinajstić information content (AvgIpc) is 3.23. The van der Waals surface area contributed by atoms with Gasteiger partial charge in [-0.3, -0.25) is 14.2 Å². The lowest BCUT2D eigenvalue weighted by Crippen LogP contribution is -2.38. The number of benzene rings is 2. The molecule has 0 aliphatic carbocycles. The number of rotatable bonds is 4. The summed E-state index contributed by atoms with van der Waals surface area (Å²) in [7, 11) is 0. The van der Waals surface area contributed by atoms with E-state index in [0.29, 0.717) is 34.8 Å². The molecule has 1 aliphatic heterocycles. The molecule has 1 amide bonds. The zero-order valence-corrected chi connectivity index (χ0v) is 18.2. The summed E-state index contributed by atoms with van der Waals surface area (Å²) in [6, 6.07) is 12.1. The van der Waals surface area contributed by atoms with Crippen molar-refractivity contribution in [2.24, 2.45) is 0 Å². The molecule has 0 bridgehead atoms. The molecule has 0 saturated carbocycles. The van der Waals surface area contributed by atoms with Gasteiger partial charge in [-0.2, -0.15) is 0 Å². The first-order valence-corrected chi connectivity index (χ1v) is 11.2. The molecule has 0 atom stereocenters. The van der Waals surface area contributed by atoms with E-state index in [2.05, 4.69) is 4.98 Å². The van der Waals surface area contributed by atoms with Crippen molar-refractivity contribution in [3.05, 3.63) is 75.9 Å². The maximum Gasteiger partial charge on any atom is 0.262 e. The summed E-state index contributed by atoms with van der Waals surface area (Å²) in [4.78, 5) is 32.8. The molecule has 0 radical (unpaired) electrons. The van der Waals surface area contributed by atoms with E-state index in [1.807, 2.05) is 36.6 Å². The maximum atomic E-state index is 13.5. The van der Waals surface area contributed by atoms with E-state index in [4.69, 9.17) is 4.74 Å². The first-order valence-electron chi connectivity index (χ1n) is 10.3. The minimum atomic E-state index is -0.413. The predicted octanol–water partition coefficient (Wildman–Crippen LogP) is 4.39. The Morgan fingerprint density at radius 1 is 1.22 bits per heavy atom. The number of thiophene rings is 1. The summed E-state index contributed by atoms with van der Waals surface area (Å²) >= 11 is 1.43. The van der Waals surface area contributed by atoms with E-state index >= 15 is 0 Å². The Labute approximate surface area is 187 Å². The highest BCUT2D eigenvalue weighted by molar-refractivity contribution is 7.17. The average molecular weight is 450 g/mol. The second-order valence-corrected chi connectivity index (χ2v) is 8.55. The maximum absolute atomic E-state index is 13.5. The number of hydrogen-bond donors (Lipinski definition) is 0. The SMILES string of the molecule is Cc1ccc(-c2csc3ncn(CCC(=O)N4CCOc5cc(F)ccc54)c(=O)c23)cc1. The summed E-state index contributed by atoms with van der Waals surface area (Å²) in [5.41, 5.74) is 3.35. The lowest BCUT2D eigenvalue weighted by atomic mass is 10.1. The summed E-state index contributed by atoms with van der Waals surface area (Å²) < 4.78 is 20.4. The molecule has 162 valence electrons. The number of amides is 1. The largest absolute Gasteiger partial charge is 0.489 e. The number of anilines is 1. The number of nitrogens with zero attached hydrogens (tertiary/aromatic N) is 3. The third-order valence-corrected chi connectivity index (χ3v) is 6.46. The number of hydrogen-bond acceptors (Lipinski definition) is 5. The Morgan fingerprint density at radius 2 is 2.03 bits per heavy atom. The first-order chi connectivity index (χ1) is 15.5. The zero-order chi connectivity index (χ0) is 22.2. The molecule has 0 unspecified atom stereocenters. The number of fused-ring (bicyclic) bond motifs is 2. The standard InChI is InChI=1S/C24H20FN3O3S/c1-15-2-4-16(5-3-15)18-13-32-23-22(18)24(30)27(14-26-23)9-8-21(29)28-10-11-31-20-12-17(25)6-7-19(20)28/h2-7,12-14H,8-11H2,1H3. The van der Waals surface area contributed by atoms with Crippen molar-refractivity contribution in [3.63, 3.8) is 0 Å². The number of aromatic nitrogens is 2. The molecule has 0 spiro atoms. The van der Waals surface area contributed by atoms with Crippen LogP contribution in [0.3, 0.4) is 0 Å². The summed E-state index contributed by atoms with van der Waals surface area (Å²) in [6.45, 7) is 2.90. The minimum Gasteiger partial charge on any atom is -0.489 e. The van der Waals surface area contributed by atoms with Crippen LogP contribution >= 0.6 is 11.3 Å². The molecule has 32 heavy (non-hydrogen) atoms. The van der Waals surface area contributed by atoms with Crippen LogP contribution in [0, 0.1) is 12.7 Å². The Kier molecular flexibility index (Phi) is 5.22. The van der Waals surface area contributed by atoms with Crippen molar-refractivity contribution in [2.75, 3.05) is 18.1 Å². The van der Waals surface area contributed by atoms with E-state index in [9.17, 15) is 14.0 Å². The van der Waals surface area contributed by atoms with Crippen LogP contribution in [-0.2, 0) is 11.3 Å². The highest BCUT2D eigenvalue weighted by Gasteiger charge is 2.24. The second-order valence-electron chi connectivity index (χ2n) is 7.69. The fourth-order valence-electron chi connectivity index (χ4n) is 3.88. The van der Waals surface area contributed by atoms with Gasteiger partial charge in [0.25, 0.3) is 5.56 Å². The van der Waals surface area contributed by atoms with Crippen LogP contribution in [0.4, 0.5) is 10.1 Å². The van der Waals surface area contributed by atoms with Gasteiger partial charge in [0.05, 0.1) is 23.9 Å². The van der Waals surface area contributed by atoms with Gasteiger partial charge in [0.2, 0.25) is 5.91 Å². The lowest BCUT2D eigenvalue weighted by Gasteiger charge is -2.29. The molecule has 0 fully saturated rings. The van der Waals surface area contributed by atoms with E-state index in [0.717, 1.165) is 16.7 Å². The van der Waals surface area contributed by atoms with Crippen LogP contribution in [0.25, 0.3) is 21.3 Å². The molecule has 3 heterocycles. The van der Waals surface area contributed by atoms with Gasteiger partial charge >= 0.3 is 0 Å². The Bertz CT molecular complexity index is 1380. The molecule has 8 heteroatoms. The van der Waals surface area contributed by atoms with Gasteiger partial charge in [0, 0.05) is 30.0 Å². The van der Waals surface area contributed by atoms with Crippen molar-refractivity contribution in [3.8, 4) is 16.9 Å². The highest BCUT2D eigenvalue weighted by Crippen LogP contribution is 2.33. The first kappa shape index (κ1) is 20.4. The van der Waals surface area contributed by atoms with Gasteiger partial charge in [-0.05, 0) is 24.6 Å². The van der Waals surface area contributed by atoms with Crippen molar-refractivity contribution >= 4 is 33.1 Å². The van der Waals surface area contributed by atoms with Gasteiger partial charge in [-0.1, -0.05) is 29.8 Å². The van der Waals surface area contributed by atoms with Crippen LogP contribution in [0.5, 0.6) is 5.75 Å². The van der Waals surface area contributed by atoms with Crippen LogP contribution in [0.2, 0.25) is 0 Å². The van der Waals surface area contributed by atoms with Gasteiger partial charge in [-0.15, -0.1) is 11.3 Å². The van der Waals surface area contributed by atoms with E-state index in [1.54, 1.807) is 11.0 Å². The molecule has 4 aromatic rings. The van der Waals surface area contributed by atoms with E-state index < -0.39 is 5.82 Å². The minimum absolute atomic E-state index is 0.119. The molecule has 0 saturated heterocycles. The van der Waals surface area contributed by atoms with Gasteiger partial charge < -0.3 is 9.64 Å². The molecule has 1 aliphatic rings. The number of carbonyl (C=O) groups excluding carboxylic acids is 1. The number of ether oxygens (including phenoxy) is 1. The highest BCUT2D eigenvalue weighted by atomic mass is 32.1. The number of aryl methyl sites for hydroxylation is 2. The molecular weight excluding hydrogens is 429 g/mol. The van der Waals surface area contributed by atoms with Gasteiger partial charge in [0.15, 0.2) is 0 Å². The monoisotopic (exact) mass is 449 g/mol. The molecule has 6 nitrogen and oxygen atoms in total. The zero-order valence-electron chi connectivity index (χ0n) is 17.4. The van der Waals surface area contributed by atoms with Crippen molar-refractivity contribution in [1.29, 1.82) is 0 Å². The van der Waals surface area contributed by atoms with E-state index in [-0.39, 0.29) is 24.4 Å². The van der Waals surface area contributed by atoms with Crippen LogP contribution in [-0.4, -0.2) is 28.6 Å². The van der Waals surface area contributed by atoms with E-state index in [1.165, 1.54) is 34.4 Å². The summed E-state index contributed by atoms with van der Waals surface area (Å²) in [5, 5.41) is 2.52. The van der Waals surface area contributed by atoms with Gasteiger partial charge in [0.1, 0.15) is 23.0 Å². The topological polar surface area (TPSA) is 64.4 Å². The van der Waals surface area contributed by atoms with Crippen LogP contribution in [0.15, 0.2) is 59.0 Å². The predicted molar refractivity (Wildman–Crippen MR) is 123 cm³/mol. The third-order valence-electron chi connectivity index (χ3n) is 5.58. The van der Waals surface area contributed by atoms with Gasteiger partial charge in [-0.25, -0.2) is 9.37 Å². The molecule has 5 rings (SSSR count). The Morgan fingerprint density at radius 3 is 2.84 bits per heavy atom. The summed E-state index contributed by atoms with van der Waals surface area (Å²) in [6.07, 6.45) is 1.61. The van der Waals surface area contributed by atoms with Crippen molar-refractivity contribution in [2.45, 2.75) is 19.9 Å². The van der Waals surface area contributed by atoms with Crippen molar-refractivity contribution in [1.82, 2.24) is 9.55 Å². The number of halogens is 1.